The Labute approximate surface area is 122 Å². The molecular formula is C15H19F3N2O. The number of amides is 1. The van der Waals surface area contributed by atoms with Gasteiger partial charge in [0.15, 0.2) is 0 Å². The van der Waals surface area contributed by atoms with Gasteiger partial charge in [-0.05, 0) is 37.5 Å². The van der Waals surface area contributed by atoms with E-state index < -0.39 is 11.7 Å². The predicted molar refractivity (Wildman–Crippen MR) is 75.3 cm³/mol. The quantitative estimate of drug-likeness (QED) is 0.898. The highest BCUT2D eigenvalue weighted by Crippen LogP contribution is 2.36. The Hall–Kier alpha value is -1.72. The van der Waals surface area contributed by atoms with Gasteiger partial charge in [-0.3, -0.25) is 4.79 Å². The van der Waals surface area contributed by atoms with Crippen molar-refractivity contribution in [2.75, 3.05) is 18.9 Å². The Kier molecular flexibility index (Phi) is 4.44. The summed E-state index contributed by atoms with van der Waals surface area (Å²) in [5, 5.41) is 2.76. The molecule has 0 unspecified atom stereocenters. The fourth-order valence-corrected chi connectivity index (χ4v) is 2.16. The summed E-state index contributed by atoms with van der Waals surface area (Å²) in [5.41, 5.74) is -0.681. The van der Waals surface area contributed by atoms with Crippen molar-refractivity contribution >= 4 is 11.6 Å². The number of alkyl halides is 3. The number of halogens is 3. The molecular weight excluding hydrogens is 281 g/mol. The molecule has 0 aliphatic heterocycles. The maximum Gasteiger partial charge on any atom is 0.418 e. The third-order valence-corrected chi connectivity index (χ3v) is 3.55. The maximum absolute atomic E-state index is 13.1. The van der Waals surface area contributed by atoms with E-state index in [9.17, 15) is 18.0 Å². The van der Waals surface area contributed by atoms with E-state index in [1.54, 1.807) is 7.05 Å². The Morgan fingerprint density at radius 3 is 2.57 bits per heavy atom. The first kappa shape index (κ1) is 15.7. The summed E-state index contributed by atoms with van der Waals surface area (Å²) >= 11 is 0. The zero-order valence-corrected chi connectivity index (χ0v) is 12.1. The van der Waals surface area contributed by atoms with Crippen molar-refractivity contribution in [3.8, 4) is 0 Å². The Balaban J connectivity index is 2.29. The fourth-order valence-electron chi connectivity index (χ4n) is 2.16. The molecule has 1 saturated carbocycles. The average molecular weight is 300 g/mol. The van der Waals surface area contributed by atoms with Gasteiger partial charge < -0.3 is 10.2 Å². The lowest BCUT2D eigenvalue weighted by Gasteiger charge is -2.19. The first-order valence-corrected chi connectivity index (χ1v) is 7.07. The lowest BCUT2D eigenvalue weighted by atomic mass is 10.1. The van der Waals surface area contributed by atoms with E-state index in [4.69, 9.17) is 0 Å². The molecule has 6 heteroatoms. The van der Waals surface area contributed by atoms with Crippen LogP contribution in [0.25, 0.3) is 0 Å². The largest absolute Gasteiger partial charge is 0.418 e. The highest BCUT2D eigenvalue weighted by Gasteiger charge is 2.35. The van der Waals surface area contributed by atoms with Crippen molar-refractivity contribution in [3.05, 3.63) is 29.3 Å². The van der Waals surface area contributed by atoms with Gasteiger partial charge in [0, 0.05) is 30.9 Å². The van der Waals surface area contributed by atoms with E-state index in [2.05, 4.69) is 5.32 Å². The van der Waals surface area contributed by atoms with E-state index in [0.717, 1.165) is 25.3 Å². The molecule has 116 valence electrons. The van der Waals surface area contributed by atoms with E-state index in [-0.39, 0.29) is 23.2 Å². The van der Waals surface area contributed by atoms with Crippen molar-refractivity contribution < 1.29 is 18.0 Å². The molecule has 21 heavy (non-hydrogen) atoms. The monoisotopic (exact) mass is 300 g/mol. The predicted octanol–water partition coefficient (Wildman–Crippen LogP) is 3.76. The lowest BCUT2D eigenvalue weighted by molar-refractivity contribution is -0.137. The smallest absolute Gasteiger partial charge is 0.385 e. The van der Waals surface area contributed by atoms with E-state index >= 15 is 0 Å². The number of anilines is 1. The highest BCUT2D eigenvalue weighted by atomic mass is 19.4. The second-order valence-electron chi connectivity index (χ2n) is 5.33. The first-order valence-electron chi connectivity index (χ1n) is 7.07. The van der Waals surface area contributed by atoms with Crippen LogP contribution in [0.5, 0.6) is 0 Å². The molecule has 1 N–H and O–H groups in total. The van der Waals surface area contributed by atoms with Crippen LogP contribution in [-0.2, 0) is 6.18 Å². The van der Waals surface area contributed by atoms with Crippen molar-refractivity contribution in [2.45, 2.75) is 38.4 Å². The standard InChI is InChI=1S/C15H19F3N2O/c1-3-8-19-13-7-4-10(9-12(13)15(16,17)18)14(21)20(2)11-5-6-11/h4,7,9,11,19H,3,5-6,8H2,1-2H3. The van der Waals surface area contributed by atoms with Gasteiger partial charge in [-0.25, -0.2) is 0 Å². The molecule has 2 rings (SSSR count). The number of carbonyl (C=O) groups excluding carboxylic acids is 1. The summed E-state index contributed by atoms with van der Waals surface area (Å²) in [6.45, 7) is 2.33. The number of benzene rings is 1. The Bertz CT molecular complexity index is 524. The first-order chi connectivity index (χ1) is 9.84. The number of hydrogen-bond acceptors (Lipinski definition) is 2. The van der Waals surface area contributed by atoms with Crippen LogP contribution in [-0.4, -0.2) is 30.4 Å². The molecule has 0 heterocycles. The zero-order valence-electron chi connectivity index (χ0n) is 12.1. The summed E-state index contributed by atoms with van der Waals surface area (Å²) < 4.78 is 39.4. The second kappa shape index (κ2) is 5.95. The lowest BCUT2D eigenvalue weighted by Crippen LogP contribution is -2.29. The van der Waals surface area contributed by atoms with Crippen molar-refractivity contribution in [3.63, 3.8) is 0 Å². The van der Waals surface area contributed by atoms with Crippen molar-refractivity contribution in [1.82, 2.24) is 4.90 Å². The molecule has 1 aromatic carbocycles. The Morgan fingerprint density at radius 1 is 1.38 bits per heavy atom. The van der Waals surface area contributed by atoms with Crippen LogP contribution >= 0.6 is 0 Å². The van der Waals surface area contributed by atoms with Crippen molar-refractivity contribution in [2.24, 2.45) is 0 Å². The highest BCUT2D eigenvalue weighted by molar-refractivity contribution is 5.95. The molecule has 1 fully saturated rings. The van der Waals surface area contributed by atoms with E-state index in [1.807, 2.05) is 6.92 Å². The van der Waals surface area contributed by atoms with Gasteiger partial charge in [-0.15, -0.1) is 0 Å². The topological polar surface area (TPSA) is 32.3 Å². The third kappa shape index (κ3) is 3.68. The minimum absolute atomic E-state index is 0.0231. The molecule has 0 saturated heterocycles. The minimum atomic E-state index is -4.48. The van der Waals surface area contributed by atoms with E-state index in [0.29, 0.717) is 6.54 Å². The molecule has 1 aliphatic rings. The molecule has 3 nitrogen and oxygen atoms in total. The van der Waals surface area contributed by atoms with Gasteiger partial charge in [0.05, 0.1) is 5.56 Å². The summed E-state index contributed by atoms with van der Waals surface area (Å²) in [5.74, 6) is -0.356. The van der Waals surface area contributed by atoms with Gasteiger partial charge >= 0.3 is 6.18 Å². The minimum Gasteiger partial charge on any atom is -0.385 e. The number of nitrogens with one attached hydrogen (secondary N) is 1. The zero-order chi connectivity index (χ0) is 15.6. The van der Waals surface area contributed by atoms with Gasteiger partial charge in [0.1, 0.15) is 0 Å². The van der Waals surface area contributed by atoms with Crippen LogP contribution in [0.3, 0.4) is 0 Å². The third-order valence-electron chi connectivity index (χ3n) is 3.55. The molecule has 1 aromatic rings. The fraction of sp³-hybridized carbons (Fsp3) is 0.533. The normalized spacial score (nSPS) is 14.9. The summed E-state index contributed by atoms with van der Waals surface area (Å²) in [6, 6.07) is 3.91. The SMILES string of the molecule is CCCNc1ccc(C(=O)N(C)C2CC2)cc1C(F)(F)F. The Morgan fingerprint density at radius 2 is 2.05 bits per heavy atom. The second-order valence-corrected chi connectivity index (χ2v) is 5.33. The summed E-state index contributed by atoms with van der Waals surface area (Å²) in [7, 11) is 1.64. The van der Waals surface area contributed by atoms with Crippen LogP contribution in [0.2, 0.25) is 0 Å². The van der Waals surface area contributed by atoms with Crippen molar-refractivity contribution in [1.29, 1.82) is 0 Å². The number of nitrogens with zero attached hydrogens (tertiary/aromatic N) is 1. The molecule has 0 radical (unpaired) electrons. The van der Waals surface area contributed by atoms with Gasteiger partial charge in [-0.2, -0.15) is 13.2 Å². The molecule has 0 aromatic heterocycles. The average Bonchev–Trinajstić information content (AvgIpc) is 3.27. The number of hydrogen-bond donors (Lipinski definition) is 1. The summed E-state index contributed by atoms with van der Waals surface area (Å²) in [6.07, 6.45) is -1.91. The summed E-state index contributed by atoms with van der Waals surface area (Å²) in [4.78, 5) is 13.7. The van der Waals surface area contributed by atoms with E-state index in [1.165, 1.54) is 17.0 Å². The molecule has 0 atom stereocenters. The molecule has 0 bridgehead atoms. The van der Waals surface area contributed by atoms with Crippen LogP contribution in [0.15, 0.2) is 18.2 Å². The molecule has 1 amide bonds. The van der Waals surface area contributed by atoms with Gasteiger partial charge in [0.2, 0.25) is 0 Å². The van der Waals surface area contributed by atoms with Crippen LogP contribution in [0, 0.1) is 0 Å². The molecule has 1 aliphatic carbocycles. The number of carbonyl (C=O) groups is 1. The van der Waals surface area contributed by atoms with Gasteiger partial charge in [-0.1, -0.05) is 6.92 Å². The van der Waals surface area contributed by atoms with Gasteiger partial charge in [0.25, 0.3) is 5.91 Å². The van der Waals surface area contributed by atoms with Crippen LogP contribution in [0.4, 0.5) is 18.9 Å². The maximum atomic E-state index is 13.1. The number of rotatable bonds is 5. The van der Waals surface area contributed by atoms with Crippen LogP contribution in [0.1, 0.15) is 42.1 Å². The van der Waals surface area contributed by atoms with Crippen LogP contribution < -0.4 is 5.32 Å². The molecule has 0 spiro atoms.